The summed E-state index contributed by atoms with van der Waals surface area (Å²) in [7, 11) is -0.463. The highest BCUT2D eigenvalue weighted by atomic mass is 28.4. The molecule has 0 aliphatic carbocycles. The Hall–Kier alpha value is -3.69. The van der Waals surface area contributed by atoms with Crippen molar-refractivity contribution in [3.8, 4) is 0 Å². The van der Waals surface area contributed by atoms with Gasteiger partial charge in [0.25, 0.3) is 5.91 Å². The number of carboxylic acid groups (broad SMARTS) is 1. The van der Waals surface area contributed by atoms with Gasteiger partial charge < -0.3 is 20.2 Å². The summed E-state index contributed by atoms with van der Waals surface area (Å²) < 4.78 is 6.95. The molecule has 3 atom stereocenters. The number of carbonyl (C=O) groups excluding carboxylic acids is 1. The number of pyridine rings is 1. The second-order valence-corrected chi connectivity index (χ2v) is 17.6. The van der Waals surface area contributed by atoms with Gasteiger partial charge in [-0.15, -0.1) is 0 Å². The van der Waals surface area contributed by atoms with Crippen molar-refractivity contribution in [1.82, 2.24) is 14.8 Å². The fourth-order valence-electron chi connectivity index (χ4n) is 5.39. The SMILES string of the molecule is CN(Cc1cccc(N)n1)C(=O)c1ccc(C[C@H]2CC[C@@H](C(O[Si](C)(C)C(C)(C)C)c3ccccc3)N2C(=O)O)cc1. The Morgan fingerprint density at radius 3 is 2.31 bits per heavy atom. The van der Waals surface area contributed by atoms with Crippen LogP contribution >= 0.6 is 0 Å². The van der Waals surface area contributed by atoms with Crippen molar-refractivity contribution in [2.24, 2.45) is 0 Å². The summed E-state index contributed by atoms with van der Waals surface area (Å²) in [5.74, 6) is 0.302. The molecule has 1 fully saturated rings. The standard InChI is InChI=1S/C33H44N4O4Si/c1-33(2,3)42(5,6)41-30(24-11-8-7-9-12-24)28-20-19-27(37(28)32(39)40)21-23-15-17-25(18-16-23)31(38)36(4)22-26-13-10-14-29(34)35-26/h7-18,27-28,30H,19-22H2,1-6H3,(H2,34,35)(H,39,40)/t27-,28+,30?/m1/s1. The molecule has 1 aliphatic rings. The lowest BCUT2D eigenvalue weighted by Crippen LogP contribution is -2.49. The van der Waals surface area contributed by atoms with Gasteiger partial charge in [-0.25, -0.2) is 9.78 Å². The van der Waals surface area contributed by atoms with Crippen LogP contribution in [0.3, 0.4) is 0 Å². The predicted octanol–water partition coefficient (Wildman–Crippen LogP) is 6.75. The van der Waals surface area contributed by atoms with Crippen LogP contribution in [0.1, 0.15) is 66.9 Å². The monoisotopic (exact) mass is 588 g/mol. The maximum absolute atomic E-state index is 13.0. The molecule has 224 valence electrons. The quantitative estimate of drug-likeness (QED) is 0.268. The Kier molecular flexibility index (Phi) is 9.42. The summed E-state index contributed by atoms with van der Waals surface area (Å²) >= 11 is 0. The van der Waals surface area contributed by atoms with Crippen LogP contribution in [0, 0.1) is 0 Å². The Morgan fingerprint density at radius 1 is 1.05 bits per heavy atom. The van der Waals surface area contributed by atoms with Crippen LogP contribution in [0.15, 0.2) is 72.8 Å². The van der Waals surface area contributed by atoms with Crippen LogP contribution in [-0.4, -0.2) is 59.3 Å². The molecule has 2 heterocycles. The smallest absolute Gasteiger partial charge is 0.407 e. The van der Waals surface area contributed by atoms with Crippen molar-refractivity contribution in [1.29, 1.82) is 0 Å². The maximum atomic E-state index is 13.0. The maximum Gasteiger partial charge on any atom is 0.407 e. The number of nitrogens with two attached hydrogens (primary N) is 1. The number of likely N-dealkylation sites (tertiary alicyclic amines) is 1. The average Bonchev–Trinajstić information content (AvgIpc) is 3.35. The van der Waals surface area contributed by atoms with E-state index in [4.69, 9.17) is 10.2 Å². The third-order valence-electron chi connectivity index (χ3n) is 8.72. The van der Waals surface area contributed by atoms with Gasteiger partial charge in [0, 0.05) is 18.7 Å². The van der Waals surface area contributed by atoms with E-state index in [1.807, 2.05) is 66.7 Å². The zero-order chi connectivity index (χ0) is 30.7. The molecule has 2 aromatic carbocycles. The molecule has 0 spiro atoms. The number of rotatable bonds is 9. The number of amides is 2. The lowest BCUT2D eigenvalue weighted by Gasteiger charge is -2.42. The van der Waals surface area contributed by atoms with E-state index in [1.54, 1.807) is 22.9 Å². The number of aromatic nitrogens is 1. The molecule has 3 aromatic rings. The topological polar surface area (TPSA) is 109 Å². The number of carbonyl (C=O) groups is 2. The summed E-state index contributed by atoms with van der Waals surface area (Å²) in [6.07, 6.45) is 0.786. The van der Waals surface area contributed by atoms with Gasteiger partial charge in [0.2, 0.25) is 0 Å². The number of hydrogen-bond donors (Lipinski definition) is 2. The fraction of sp³-hybridized carbons (Fsp3) is 0.424. The third kappa shape index (κ3) is 7.20. The van der Waals surface area contributed by atoms with E-state index < -0.39 is 14.4 Å². The van der Waals surface area contributed by atoms with Crippen molar-refractivity contribution < 1.29 is 19.1 Å². The van der Waals surface area contributed by atoms with Gasteiger partial charge in [0.15, 0.2) is 8.32 Å². The van der Waals surface area contributed by atoms with E-state index in [-0.39, 0.29) is 29.1 Å². The van der Waals surface area contributed by atoms with Gasteiger partial charge in [0.1, 0.15) is 5.82 Å². The molecule has 1 aliphatic heterocycles. The molecule has 0 bridgehead atoms. The largest absolute Gasteiger partial charge is 0.465 e. The number of hydrogen-bond acceptors (Lipinski definition) is 5. The molecule has 0 saturated carbocycles. The second-order valence-electron chi connectivity index (χ2n) is 12.8. The molecule has 8 nitrogen and oxygen atoms in total. The molecule has 1 saturated heterocycles. The van der Waals surface area contributed by atoms with Crippen LogP contribution < -0.4 is 5.73 Å². The summed E-state index contributed by atoms with van der Waals surface area (Å²) in [5, 5.41) is 10.4. The van der Waals surface area contributed by atoms with E-state index in [1.165, 1.54) is 0 Å². The highest BCUT2D eigenvalue weighted by Crippen LogP contribution is 2.44. The number of benzene rings is 2. The van der Waals surface area contributed by atoms with Crippen molar-refractivity contribution in [2.45, 2.75) is 82.9 Å². The van der Waals surface area contributed by atoms with Gasteiger partial charge in [-0.1, -0.05) is 69.3 Å². The molecular weight excluding hydrogens is 544 g/mol. The third-order valence-corrected chi connectivity index (χ3v) is 13.2. The predicted molar refractivity (Wildman–Crippen MR) is 169 cm³/mol. The minimum Gasteiger partial charge on any atom is -0.465 e. The molecule has 4 rings (SSSR count). The number of nitrogen functional groups attached to an aromatic ring is 1. The first-order chi connectivity index (χ1) is 19.8. The fourth-order valence-corrected chi connectivity index (χ4v) is 6.67. The Labute approximate surface area is 250 Å². The van der Waals surface area contributed by atoms with Crippen molar-refractivity contribution in [3.05, 3.63) is 95.2 Å². The molecular formula is C33H44N4O4Si. The Balaban J connectivity index is 1.50. The molecule has 1 aromatic heterocycles. The summed E-state index contributed by atoms with van der Waals surface area (Å²) in [5.41, 5.74) is 9.06. The molecule has 1 unspecified atom stereocenters. The van der Waals surface area contributed by atoms with Crippen LogP contribution in [0.25, 0.3) is 0 Å². The first kappa shape index (κ1) is 31.2. The average molecular weight is 589 g/mol. The lowest BCUT2D eigenvalue weighted by atomic mass is 10.0. The summed E-state index contributed by atoms with van der Waals surface area (Å²) in [6, 6.07) is 22.4. The van der Waals surface area contributed by atoms with Gasteiger partial charge in [0.05, 0.1) is 24.4 Å². The van der Waals surface area contributed by atoms with Gasteiger partial charge in [-0.05, 0) is 72.8 Å². The molecule has 3 N–H and O–H groups in total. The first-order valence-corrected chi connectivity index (χ1v) is 17.5. The highest BCUT2D eigenvalue weighted by Gasteiger charge is 2.46. The van der Waals surface area contributed by atoms with Crippen LogP contribution in [0.4, 0.5) is 10.6 Å². The number of nitrogens with zero attached hydrogens (tertiary/aromatic N) is 3. The minimum atomic E-state index is -2.20. The van der Waals surface area contributed by atoms with Crippen LogP contribution in [0.5, 0.6) is 0 Å². The highest BCUT2D eigenvalue weighted by molar-refractivity contribution is 6.74. The van der Waals surface area contributed by atoms with Crippen molar-refractivity contribution in [2.75, 3.05) is 12.8 Å². The van der Waals surface area contributed by atoms with Crippen LogP contribution in [0.2, 0.25) is 18.1 Å². The minimum absolute atomic E-state index is 0.00962. The van der Waals surface area contributed by atoms with E-state index >= 15 is 0 Å². The molecule has 9 heteroatoms. The first-order valence-electron chi connectivity index (χ1n) is 14.6. The zero-order valence-electron chi connectivity index (χ0n) is 25.6. The lowest BCUT2D eigenvalue weighted by molar-refractivity contribution is 0.0598. The van der Waals surface area contributed by atoms with Gasteiger partial charge in [-0.2, -0.15) is 0 Å². The van der Waals surface area contributed by atoms with Crippen LogP contribution in [-0.2, 0) is 17.4 Å². The van der Waals surface area contributed by atoms with E-state index in [0.717, 1.165) is 29.7 Å². The normalized spacial score (nSPS) is 18.1. The van der Waals surface area contributed by atoms with Gasteiger partial charge >= 0.3 is 6.09 Å². The number of anilines is 1. The summed E-state index contributed by atoms with van der Waals surface area (Å²) in [6.45, 7) is 11.4. The van der Waals surface area contributed by atoms with Crippen molar-refractivity contribution >= 4 is 26.1 Å². The molecule has 2 amide bonds. The molecule has 0 radical (unpaired) electrons. The van der Waals surface area contributed by atoms with E-state index in [0.29, 0.717) is 24.3 Å². The Morgan fingerprint density at radius 2 is 1.71 bits per heavy atom. The molecule has 42 heavy (non-hydrogen) atoms. The summed E-state index contributed by atoms with van der Waals surface area (Å²) in [4.78, 5) is 33.3. The van der Waals surface area contributed by atoms with Gasteiger partial charge in [-0.3, -0.25) is 9.69 Å². The van der Waals surface area contributed by atoms with E-state index in [2.05, 4.69) is 38.8 Å². The second kappa shape index (κ2) is 12.7. The van der Waals surface area contributed by atoms with E-state index in [9.17, 15) is 14.7 Å². The van der Waals surface area contributed by atoms with Crippen molar-refractivity contribution in [3.63, 3.8) is 0 Å². The Bertz CT molecular complexity index is 1370. The zero-order valence-corrected chi connectivity index (χ0v) is 26.6.